The van der Waals surface area contributed by atoms with Gasteiger partial charge in [-0.3, -0.25) is 0 Å². The second-order valence-electron chi connectivity index (χ2n) is 2.44. The largest absolute Gasteiger partial charge is 0.481 e. The van der Waals surface area contributed by atoms with E-state index in [1.807, 2.05) is 6.92 Å². The van der Waals surface area contributed by atoms with Crippen LogP contribution in [0.2, 0.25) is 0 Å². The van der Waals surface area contributed by atoms with Gasteiger partial charge in [-0.1, -0.05) is 13.3 Å². The van der Waals surface area contributed by atoms with E-state index in [4.69, 9.17) is 10.2 Å². The lowest BCUT2D eigenvalue weighted by molar-refractivity contribution is -0.139. The highest BCUT2D eigenvalue weighted by atomic mass is 16.5. The highest BCUT2D eigenvalue weighted by molar-refractivity contribution is 5.87. The van der Waals surface area contributed by atoms with Crippen LogP contribution in [0.1, 0.15) is 26.7 Å². The van der Waals surface area contributed by atoms with Crippen molar-refractivity contribution >= 4 is 5.97 Å². The van der Waals surface area contributed by atoms with E-state index in [1.54, 1.807) is 0 Å². The molecule has 0 aliphatic carbocycles. The molecule has 0 aliphatic heterocycles. The van der Waals surface area contributed by atoms with Gasteiger partial charge in [0.15, 0.2) is 0 Å². The molecule has 0 aromatic carbocycles. The first kappa shape index (κ1) is 10.8. The van der Waals surface area contributed by atoms with Crippen LogP contribution >= 0.6 is 0 Å². The topological polar surface area (TPSA) is 66.8 Å². The summed E-state index contributed by atoms with van der Waals surface area (Å²) >= 11 is 0. The number of aliphatic hydroxyl groups is 2. The summed E-state index contributed by atoms with van der Waals surface area (Å²) in [5.41, 5.74) is -0.161. The van der Waals surface area contributed by atoms with Crippen LogP contribution < -0.4 is 0 Å². The van der Waals surface area contributed by atoms with Gasteiger partial charge in [0, 0.05) is 0 Å². The van der Waals surface area contributed by atoms with Crippen molar-refractivity contribution in [3.05, 3.63) is 11.5 Å². The molecule has 12 heavy (non-hydrogen) atoms. The van der Waals surface area contributed by atoms with Crippen molar-refractivity contribution in [1.29, 1.82) is 0 Å². The molecule has 0 rings (SSSR count). The second kappa shape index (κ2) is 5.46. The fourth-order valence-electron chi connectivity index (χ4n) is 0.509. The first-order chi connectivity index (χ1) is 5.59. The Bertz CT molecular complexity index is 179. The summed E-state index contributed by atoms with van der Waals surface area (Å²) in [5.74, 6) is -1.65. The maximum atomic E-state index is 10.9. The van der Waals surface area contributed by atoms with Crippen molar-refractivity contribution in [2.24, 2.45) is 0 Å². The van der Waals surface area contributed by atoms with Crippen LogP contribution in [0.4, 0.5) is 0 Å². The number of carbonyl (C=O) groups is 1. The van der Waals surface area contributed by atoms with Crippen molar-refractivity contribution < 1.29 is 19.7 Å². The van der Waals surface area contributed by atoms with Crippen LogP contribution in [-0.4, -0.2) is 22.8 Å². The molecular weight excluding hydrogens is 160 g/mol. The zero-order valence-electron chi connectivity index (χ0n) is 7.33. The molecule has 0 unspecified atom stereocenters. The molecule has 4 heteroatoms. The Hall–Kier alpha value is -1.19. The molecule has 0 fully saturated rings. The fraction of sp³-hybridized carbons (Fsp3) is 0.625. The summed E-state index contributed by atoms with van der Waals surface area (Å²) in [6, 6.07) is 0. The SMILES string of the molecule is CCCCOC(=O)C(C)=C(O)O. The summed E-state index contributed by atoms with van der Waals surface area (Å²) in [7, 11) is 0. The van der Waals surface area contributed by atoms with Gasteiger partial charge >= 0.3 is 5.97 Å². The molecule has 70 valence electrons. The molecule has 2 N–H and O–H groups in total. The average Bonchev–Trinajstić information content (AvgIpc) is 2.03. The maximum absolute atomic E-state index is 10.9. The Morgan fingerprint density at radius 1 is 1.42 bits per heavy atom. The third-order valence-corrected chi connectivity index (χ3v) is 1.37. The van der Waals surface area contributed by atoms with Crippen LogP contribution in [0.25, 0.3) is 0 Å². The number of hydrogen-bond donors (Lipinski definition) is 2. The molecule has 0 amide bonds. The Kier molecular flexibility index (Phi) is 4.92. The zero-order chi connectivity index (χ0) is 9.56. The number of carbonyl (C=O) groups excluding carboxylic acids is 1. The Balaban J connectivity index is 3.81. The van der Waals surface area contributed by atoms with Crippen molar-refractivity contribution in [3.63, 3.8) is 0 Å². The smallest absolute Gasteiger partial charge is 0.340 e. The first-order valence-electron chi connectivity index (χ1n) is 3.85. The van der Waals surface area contributed by atoms with E-state index < -0.39 is 11.9 Å². The van der Waals surface area contributed by atoms with Crippen molar-refractivity contribution in [1.82, 2.24) is 0 Å². The lowest BCUT2D eigenvalue weighted by Crippen LogP contribution is -2.08. The third kappa shape index (κ3) is 3.85. The highest BCUT2D eigenvalue weighted by Gasteiger charge is 2.10. The maximum Gasteiger partial charge on any atom is 0.340 e. The minimum atomic E-state index is -0.975. The number of unbranched alkanes of at least 4 members (excludes halogenated alkanes) is 1. The van der Waals surface area contributed by atoms with E-state index in [-0.39, 0.29) is 5.57 Å². The average molecular weight is 174 g/mol. The van der Waals surface area contributed by atoms with E-state index in [9.17, 15) is 4.79 Å². The molecule has 0 saturated carbocycles. The van der Waals surface area contributed by atoms with Gasteiger partial charge in [-0.25, -0.2) is 4.79 Å². The molecule has 0 saturated heterocycles. The van der Waals surface area contributed by atoms with Crippen molar-refractivity contribution in [2.45, 2.75) is 26.7 Å². The number of aliphatic hydroxyl groups excluding tert-OH is 1. The zero-order valence-corrected chi connectivity index (χ0v) is 7.33. The quantitative estimate of drug-likeness (QED) is 0.294. The standard InChI is InChI=1S/C8H14O4/c1-3-4-5-12-8(11)6(2)7(9)10/h9-10H,3-5H2,1-2H3. The van der Waals surface area contributed by atoms with E-state index in [0.29, 0.717) is 6.61 Å². The van der Waals surface area contributed by atoms with Crippen LogP contribution in [0.3, 0.4) is 0 Å². The normalized spacial score (nSPS) is 9.17. The monoisotopic (exact) mass is 174 g/mol. The molecule has 0 bridgehead atoms. The summed E-state index contributed by atoms with van der Waals surface area (Å²) in [5, 5.41) is 17.0. The van der Waals surface area contributed by atoms with Gasteiger partial charge in [0.2, 0.25) is 0 Å². The third-order valence-electron chi connectivity index (χ3n) is 1.37. The number of esters is 1. The van der Waals surface area contributed by atoms with Crippen LogP contribution in [0.5, 0.6) is 0 Å². The van der Waals surface area contributed by atoms with E-state index in [0.717, 1.165) is 12.8 Å². The van der Waals surface area contributed by atoms with E-state index in [2.05, 4.69) is 4.74 Å². The minimum absolute atomic E-state index is 0.161. The van der Waals surface area contributed by atoms with Gasteiger partial charge in [0.1, 0.15) is 5.57 Å². The van der Waals surface area contributed by atoms with E-state index in [1.165, 1.54) is 6.92 Å². The van der Waals surface area contributed by atoms with Gasteiger partial charge in [-0.2, -0.15) is 0 Å². The van der Waals surface area contributed by atoms with Gasteiger partial charge in [0.05, 0.1) is 6.61 Å². The molecule has 0 aromatic heterocycles. The van der Waals surface area contributed by atoms with E-state index >= 15 is 0 Å². The second-order valence-corrected chi connectivity index (χ2v) is 2.44. The molecular formula is C8H14O4. The molecule has 0 aromatic rings. The Morgan fingerprint density at radius 2 is 2.00 bits per heavy atom. The van der Waals surface area contributed by atoms with Crippen molar-refractivity contribution in [3.8, 4) is 0 Å². The molecule has 4 nitrogen and oxygen atoms in total. The van der Waals surface area contributed by atoms with Crippen molar-refractivity contribution in [2.75, 3.05) is 6.61 Å². The summed E-state index contributed by atoms with van der Waals surface area (Å²) in [6.45, 7) is 3.59. The summed E-state index contributed by atoms with van der Waals surface area (Å²) in [6.07, 6.45) is 1.71. The Morgan fingerprint density at radius 3 is 2.42 bits per heavy atom. The number of ether oxygens (including phenoxy) is 1. The predicted molar refractivity (Wildman–Crippen MR) is 43.8 cm³/mol. The minimum Gasteiger partial charge on any atom is -0.481 e. The molecule has 0 atom stereocenters. The number of rotatable bonds is 4. The van der Waals surface area contributed by atoms with Gasteiger partial charge in [-0.15, -0.1) is 0 Å². The number of hydrogen-bond acceptors (Lipinski definition) is 4. The fourth-order valence-corrected chi connectivity index (χ4v) is 0.509. The highest BCUT2D eigenvalue weighted by Crippen LogP contribution is 2.01. The Labute approximate surface area is 71.5 Å². The predicted octanol–water partition coefficient (Wildman–Crippen LogP) is 1.68. The molecule has 0 spiro atoms. The van der Waals surface area contributed by atoms with Gasteiger partial charge in [-0.05, 0) is 13.3 Å². The lowest BCUT2D eigenvalue weighted by Gasteiger charge is -2.02. The van der Waals surface area contributed by atoms with Crippen LogP contribution in [-0.2, 0) is 9.53 Å². The van der Waals surface area contributed by atoms with Gasteiger partial charge < -0.3 is 14.9 Å². The summed E-state index contributed by atoms with van der Waals surface area (Å²) < 4.78 is 4.69. The first-order valence-corrected chi connectivity index (χ1v) is 3.85. The molecule has 0 heterocycles. The van der Waals surface area contributed by atoms with Crippen LogP contribution in [0, 0.1) is 0 Å². The lowest BCUT2D eigenvalue weighted by atomic mass is 10.3. The van der Waals surface area contributed by atoms with Crippen LogP contribution in [0.15, 0.2) is 11.5 Å². The van der Waals surface area contributed by atoms with Gasteiger partial charge in [0.25, 0.3) is 5.95 Å². The molecule has 0 aliphatic rings. The molecule has 0 radical (unpaired) electrons. The summed E-state index contributed by atoms with van der Waals surface area (Å²) in [4.78, 5) is 10.9.